The van der Waals surface area contributed by atoms with Gasteiger partial charge in [-0.1, -0.05) is 26.0 Å². The maximum absolute atomic E-state index is 13.5. The Balaban J connectivity index is 1.75. The zero-order valence-electron chi connectivity index (χ0n) is 21.5. The van der Waals surface area contributed by atoms with Gasteiger partial charge in [0.25, 0.3) is 5.91 Å². The number of nitrogens with one attached hydrogen (secondary N) is 1. The van der Waals surface area contributed by atoms with Crippen LogP contribution in [0.5, 0.6) is 17.2 Å². The summed E-state index contributed by atoms with van der Waals surface area (Å²) < 4.78 is 44.3. The van der Waals surface area contributed by atoms with Gasteiger partial charge in [0.15, 0.2) is 18.1 Å². The summed E-state index contributed by atoms with van der Waals surface area (Å²) in [6.45, 7) is 3.78. The van der Waals surface area contributed by atoms with E-state index in [4.69, 9.17) is 14.2 Å². The largest absolute Gasteiger partial charge is 0.484 e. The maximum atomic E-state index is 13.5. The van der Waals surface area contributed by atoms with Gasteiger partial charge in [-0.05, 0) is 48.6 Å². The summed E-state index contributed by atoms with van der Waals surface area (Å²) >= 11 is 0. The van der Waals surface area contributed by atoms with Crippen LogP contribution in [0, 0.1) is 5.92 Å². The number of hydroxylamine groups is 2. The highest BCUT2D eigenvalue weighted by Gasteiger charge is 2.30. The van der Waals surface area contributed by atoms with Gasteiger partial charge in [-0.25, -0.2) is 13.2 Å². The summed E-state index contributed by atoms with van der Waals surface area (Å²) in [6.07, 6.45) is -1.39. The van der Waals surface area contributed by atoms with Gasteiger partial charge in [-0.2, -0.15) is 9.37 Å². The zero-order valence-corrected chi connectivity index (χ0v) is 22.3. The Labute approximate surface area is 221 Å². The van der Waals surface area contributed by atoms with E-state index >= 15 is 0 Å². The van der Waals surface area contributed by atoms with Gasteiger partial charge in [0, 0.05) is 26.2 Å². The quantitative estimate of drug-likeness (QED) is 0.252. The summed E-state index contributed by atoms with van der Waals surface area (Å²) in [7, 11) is -2.45. The number of hydrogen-bond donors (Lipinski definition) is 3. The first-order valence-corrected chi connectivity index (χ1v) is 13.5. The highest BCUT2D eigenvalue weighted by molar-refractivity contribution is 7.89. The van der Waals surface area contributed by atoms with E-state index in [0.29, 0.717) is 22.8 Å². The number of hydrogen-bond acceptors (Lipinski definition) is 8. The van der Waals surface area contributed by atoms with Crippen LogP contribution in [0.3, 0.4) is 0 Å². The summed E-state index contributed by atoms with van der Waals surface area (Å²) in [4.78, 5) is 23.0. The molecule has 0 bridgehead atoms. The van der Waals surface area contributed by atoms with Gasteiger partial charge >= 0.3 is 6.09 Å². The normalized spacial score (nSPS) is 13.4. The van der Waals surface area contributed by atoms with Crippen LogP contribution in [0.1, 0.15) is 25.8 Å². The third kappa shape index (κ3) is 7.49. The van der Waals surface area contributed by atoms with Crippen LogP contribution in [-0.2, 0) is 21.2 Å². The molecule has 0 aliphatic carbocycles. The smallest absolute Gasteiger partial charge is 0.431 e. The standard InChI is InChI=1S/C25H33N3O9S/c1-17(2)14-27(38(33,34)21-8-9-22-23(13-21)37-16-36-22)11-10-19(28(32)25(30)31)12-18-4-6-20(7-5-18)35-15-24(29)26-3/h4-9,13,17,19,32H,10-12,14-16H2,1-3H3,(H,26,29)(H,30,31). The molecule has 0 fully saturated rings. The van der Waals surface area contributed by atoms with E-state index < -0.39 is 22.2 Å². The predicted octanol–water partition coefficient (Wildman–Crippen LogP) is 2.56. The Morgan fingerprint density at radius 2 is 1.79 bits per heavy atom. The number of rotatable bonds is 13. The van der Waals surface area contributed by atoms with Gasteiger partial charge in [-0.3, -0.25) is 10.0 Å². The minimum absolute atomic E-state index is 0.00993. The number of carbonyl (C=O) groups is 2. The molecule has 1 aliphatic heterocycles. The van der Waals surface area contributed by atoms with Crippen LogP contribution in [0.15, 0.2) is 47.4 Å². The molecule has 0 aromatic heterocycles. The van der Waals surface area contributed by atoms with Crippen molar-refractivity contribution in [1.82, 2.24) is 14.7 Å². The lowest BCUT2D eigenvalue weighted by molar-refractivity contribution is -0.122. The number of carbonyl (C=O) groups excluding carboxylic acids is 1. The van der Waals surface area contributed by atoms with E-state index in [2.05, 4.69) is 5.32 Å². The van der Waals surface area contributed by atoms with Crippen molar-refractivity contribution in [1.29, 1.82) is 0 Å². The molecule has 12 nitrogen and oxygen atoms in total. The van der Waals surface area contributed by atoms with Crippen LogP contribution in [0.4, 0.5) is 4.79 Å². The number of amides is 2. The maximum Gasteiger partial charge on any atom is 0.431 e. The molecule has 1 heterocycles. The molecule has 0 saturated carbocycles. The molecule has 0 spiro atoms. The number of ether oxygens (including phenoxy) is 3. The van der Waals surface area contributed by atoms with Gasteiger partial charge in [0.2, 0.25) is 16.8 Å². The highest BCUT2D eigenvalue weighted by atomic mass is 32.2. The number of fused-ring (bicyclic) bond motifs is 1. The topological polar surface area (TPSA) is 155 Å². The Hall–Kier alpha value is -3.55. The Bertz CT molecular complexity index is 1220. The van der Waals surface area contributed by atoms with Gasteiger partial charge in [0.1, 0.15) is 5.75 Å². The lowest BCUT2D eigenvalue weighted by Gasteiger charge is -2.28. The summed E-state index contributed by atoms with van der Waals surface area (Å²) in [5.41, 5.74) is 0.691. The summed E-state index contributed by atoms with van der Waals surface area (Å²) in [5.74, 6) is 0.953. The fourth-order valence-corrected chi connectivity index (χ4v) is 5.51. The number of sulfonamides is 1. The average molecular weight is 552 g/mol. The lowest BCUT2D eigenvalue weighted by Crippen LogP contribution is -2.42. The predicted molar refractivity (Wildman–Crippen MR) is 136 cm³/mol. The van der Waals surface area contributed by atoms with Gasteiger partial charge < -0.3 is 24.6 Å². The minimum Gasteiger partial charge on any atom is -0.484 e. The van der Waals surface area contributed by atoms with Crippen molar-refractivity contribution in [2.75, 3.05) is 33.5 Å². The van der Waals surface area contributed by atoms with Gasteiger partial charge in [-0.15, -0.1) is 0 Å². The molecule has 13 heteroatoms. The molecule has 2 aromatic rings. The molecule has 1 aliphatic rings. The Morgan fingerprint density at radius 1 is 1.11 bits per heavy atom. The van der Waals surface area contributed by atoms with Crippen molar-refractivity contribution in [2.45, 2.75) is 37.6 Å². The molecule has 208 valence electrons. The van der Waals surface area contributed by atoms with Crippen molar-refractivity contribution < 1.29 is 42.5 Å². The first-order valence-electron chi connectivity index (χ1n) is 12.0. The van der Waals surface area contributed by atoms with Crippen LogP contribution in [-0.4, -0.2) is 79.7 Å². The van der Waals surface area contributed by atoms with Crippen molar-refractivity contribution in [3.63, 3.8) is 0 Å². The van der Waals surface area contributed by atoms with Crippen molar-refractivity contribution in [3.05, 3.63) is 48.0 Å². The van der Waals surface area contributed by atoms with E-state index in [9.17, 15) is 28.3 Å². The number of nitrogens with zero attached hydrogens (tertiary/aromatic N) is 2. The van der Waals surface area contributed by atoms with Crippen molar-refractivity contribution in [2.24, 2.45) is 5.92 Å². The first kappa shape index (κ1) is 29.0. The summed E-state index contributed by atoms with van der Waals surface area (Å²) in [5, 5.41) is 22.3. The van der Waals surface area contributed by atoms with Gasteiger partial charge in [0.05, 0.1) is 10.9 Å². The highest BCUT2D eigenvalue weighted by Crippen LogP contribution is 2.35. The van der Waals surface area contributed by atoms with Crippen molar-refractivity contribution in [3.8, 4) is 17.2 Å². The molecule has 0 saturated heterocycles. The molecule has 38 heavy (non-hydrogen) atoms. The second-order valence-corrected chi connectivity index (χ2v) is 11.1. The second-order valence-electron chi connectivity index (χ2n) is 9.15. The third-order valence-corrected chi connectivity index (χ3v) is 7.71. The van der Waals surface area contributed by atoms with E-state index in [1.807, 2.05) is 13.8 Å². The molecular weight excluding hydrogens is 518 g/mol. The molecule has 2 amide bonds. The Kier molecular flexibility index (Phi) is 9.78. The molecule has 3 rings (SSSR count). The number of benzene rings is 2. The first-order chi connectivity index (χ1) is 18.0. The average Bonchev–Trinajstić information content (AvgIpc) is 3.36. The van der Waals surface area contributed by atoms with E-state index in [1.165, 1.54) is 29.6 Å². The fourth-order valence-electron chi connectivity index (χ4n) is 3.88. The third-order valence-electron chi connectivity index (χ3n) is 5.85. The van der Waals surface area contributed by atoms with Crippen LogP contribution >= 0.6 is 0 Å². The second kappa shape index (κ2) is 12.8. The van der Waals surface area contributed by atoms with Crippen LogP contribution in [0.25, 0.3) is 0 Å². The van der Waals surface area contributed by atoms with Crippen LogP contribution < -0.4 is 19.5 Å². The molecule has 2 aromatic carbocycles. The monoisotopic (exact) mass is 551 g/mol. The number of likely N-dealkylation sites (N-methyl/N-ethyl adjacent to an activating group) is 1. The SMILES string of the molecule is CNC(=O)COc1ccc(CC(CCN(CC(C)C)S(=O)(=O)c2ccc3c(c2)OCO3)N(O)C(=O)O)cc1. The summed E-state index contributed by atoms with van der Waals surface area (Å²) in [6, 6.07) is 10.1. The minimum atomic E-state index is -3.95. The fraction of sp³-hybridized carbons (Fsp3) is 0.440. The van der Waals surface area contributed by atoms with E-state index in [1.54, 1.807) is 24.3 Å². The Morgan fingerprint density at radius 3 is 2.42 bits per heavy atom. The molecule has 1 atom stereocenters. The molecular formula is C25H33N3O9S. The number of carboxylic acid groups (broad SMARTS) is 1. The molecule has 3 N–H and O–H groups in total. The molecule has 0 radical (unpaired) electrons. The lowest BCUT2D eigenvalue weighted by atomic mass is 10.0. The van der Waals surface area contributed by atoms with Crippen LogP contribution in [0.2, 0.25) is 0 Å². The molecule has 1 unspecified atom stereocenters. The van der Waals surface area contributed by atoms with Crippen molar-refractivity contribution >= 4 is 22.0 Å². The zero-order chi connectivity index (χ0) is 27.9. The van der Waals surface area contributed by atoms with E-state index in [0.717, 1.165) is 0 Å². The van der Waals surface area contributed by atoms with E-state index in [-0.39, 0.29) is 61.1 Å².